The summed E-state index contributed by atoms with van der Waals surface area (Å²) in [4.78, 5) is 33.1. The van der Waals surface area contributed by atoms with Crippen LogP contribution in [-0.4, -0.2) is 68.3 Å². The summed E-state index contributed by atoms with van der Waals surface area (Å²) < 4.78 is 7.07. The monoisotopic (exact) mass is 439 g/mol. The Morgan fingerprint density at radius 2 is 1.68 bits per heavy atom. The van der Waals surface area contributed by atoms with Gasteiger partial charge in [-0.1, -0.05) is 23.0 Å². The van der Waals surface area contributed by atoms with Crippen molar-refractivity contribution in [2.45, 2.75) is 25.9 Å². The molecule has 8 nitrogen and oxygen atoms in total. The van der Waals surface area contributed by atoms with Gasteiger partial charge in [0, 0.05) is 50.3 Å². The number of piperazine rings is 1. The van der Waals surface area contributed by atoms with Gasteiger partial charge >= 0.3 is 0 Å². The summed E-state index contributed by atoms with van der Waals surface area (Å²) in [5, 5.41) is 4.55. The zero-order valence-corrected chi connectivity index (χ0v) is 18.7. The summed E-state index contributed by atoms with van der Waals surface area (Å²) >= 11 is 1.43. The van der Waals surface area contributed by atoms with E-state index in [1.54, 1.807) is 29.0 Å². The van der Waals surface area contributed by atoms with Crippen molar-refractivity contribution in [1.29, 1.82) is 0 Å². The van der Waals surface area contributed by atoms with Crippen LogP contribution in [0.1, 0.15) is 27.4 Å². The van der Waals surface area contributed by atoms with E-state index in [4.69, 9.17) is 4.52 Å². The molecule has 0 spiro atoms. The maximum atomic E-state index is 12.7. The average Bonchev–Trinajstić information content (AvgIpc) is 3.40. The van der Waals surface area contributed by atoms with Crippen LogP contribution in [0.3, 0.4) is 0 Å². The average molecular weight is 440 g/mol. The molecule has 162 valence electrons. The molecule has 1 aromatic carbocycles. The van der Waals surface area contributed by atoms with Crippen LogP contribution in [0.25, 0.3) is 5.69 Å². The Labute approximate surface area is 185 Å². The van der Waals surface area contributed by atoms with Crippen molar-refractivity contribution in [1.82, 2.24) is 24.5 Å². The number of thioether (sulfide) groups is 1. The highest BCUT2D eigenvalue weighted by atomic mass is 32.2. The molecule has 0 radical (unpaired) electrons. The number of hydrogen-bond donors (Lipinski definition) is 0. The molecular formula is C22H25N5O3S. The van der Waals surface area contributed by atoms with Gasteiger partial charge in [0.1, 0.15) is 0 Å². The Morgan fingerprint density at radius 1 is 1.00 bits per heavy atom. The summed E-state index contributed by atoms with van der Waals surface area (Å²) in [6, 6.07) is 7.97. The van der Waals surface area contributed by atoms with Crippen LogP contribution in [0.15, 0.2) is 46.3 Å². The number of amides is 2. The van der Waals surface area contributed by atoms with Crippen molar-refractivity contribution in [2.24, 2.45) is 0 Å². The van der Waals surface area contributed by atoms with E-state index in [0.717, 1.165) is 10.8 Å². The quantitative estimate of drug-likeness (QED) is 0.569. The number of imidazole rings is 1. The van der Waals surface area contributed by atoms with Gasteiger partial charge in [0.05, 0.1) is 11.4 Å². The molecule has 1 aliphatic heterocycles. The molecule has 2 amide bonds. The lowest BCUT2D eigenvalue weighted by Gasteiger charge is -2.34. The summed E-state index contributed by atoms with van der Waals surface area (Å²) in [5.74, 6) is 0.406. The van der Waals surface area contributed by atoms with Crippen LogP contribution in [0.2, 0.25) is 0 Å². The van der Waals surface area contributed by atoms with Crippen molar-refractivity contribution >= 4 is 23.6 Å². The molecule has 0 aliphatic carbocycles. The minimum Gasteiger partial charge on any atom is -0.351 e. The van der Waals surface area contributed by atoms with E-state index in [2.05, 4.69) is 42.2 Å². The summed E-state index contributed by atoms with van der Waals surface area (Å²) in [6.45, 7) is 7.88. The standard InChI is InChI=1S/C22H25N5O3S/c1-15-10-16(2)12-18(11-15)27-5-4-23-22(27)31-14-20(28)25-6-8-26(9-7-25)21(29)19-13-17(3)24-30-19/h4-5,10-13H,6-9,14H2,1-3H3. The molecule has 3 aromatic rings. The summed E-state index contributed by atoms with van der Waals surface area (Å²) in [5.41, 5.74) is 4.08. The fourth-order valence-electron chi connectivity index (χ4n) is 3.68. The first kappa shape index (κ1) is 21.2. The van der Waals surface area contributed by atoms with E-state index in [1.807, 2.05) is 10.8 Å². The van der Waals surface area contributed by atoms with Crippen molar-refractivity contribution in [3.8, 4) is 5.69 Å². The summed E-state index contributed by atoms with van der Waals surface area (Å²) in [7, 11) is 0. The van der Waals surface area contributed by atoms with Crippen LogP contribution in [0.5, 0.6) is 0 Å². The Kier molecular flexibility index (Phi) is 6.13. The zero-order valence-electron chi connectivity index (χ0n) is 17.9. The number of carbonyl (C=O) groups is 2. The second-order valence-corrected chi connectivity index (χ2v) is 8.66. The van der Waals surface area contributed by atoms with Crippen LogP contribution >= 0.6 is 11.8 Å². The number of aryl methyl sites for hydroxylation is 3. The number of nitrogens with zero attached hydrogens (tertiary/aromatic N) is 5. The van der Waals surface area contributed by atoms with Crippen molar-refractivity contribution in [2.75, 3.05) is 31.9 Å². The largest absolute Gasteiger partial charge is 0.351 e. The molecule has 3 heterocycles. The van der Waals surface area contributed by atoms with Gasteiger partial charge in [0.15, 0.2) is 5.16 Å². The molecule has 1 fully saturated rings. The molecule has 0 N–H and O–H groups in total. The molecule has 31 heavy (non-hydrogen) atoms. The Bertz CT molecular complexity index is 1080. The van der Waals surface area contributed by atoms with Crippen LogP contribution in [0.4, 0.5) is 0 Å². The van der Waals surface area contributed by atoms with Gasteiger partial charge in [-0.25, -0.2) is 4.98 Å². The fraction of sp³-hybridized carbons (Fsp3) is 0.364. The normalized spacial score (nSPS) is 14.2. The lowest BCUT2D eigenvalue weighted by Crippen LogP contribution is -2.51. The van der Waals surface area contributed by atoms with Gasteiger partial charge in [-0.15, -0.1) is 0 Å². The number of aromatic nitrogens is 3. The molecule has 0 saturated carbocycles. The van der Waals surface area contributed by atoms with Gasteiger partial charge in [0.2, 0.25) is 11.7 Å². The molecule has 0 atom stereocenters. The number of rotatable bonds is 5. The maximum Gasteiger partial charge on any atom is 0.292 e. The molecule has 4 rings (SSSR count). The second kappa shape index (κ2) is 8.97. The third-order valence-corrected chi connectivity index (χ3v) is 6.13. The van der Waals surface area contributed by atoms with Gasteiger partial charge in [-0.2, -0.15) is 0 Å². The third-order valence-electron chi connectivity index (χ3n) is 5.17. The van der Waals surface area contributed by atoms with Crippen molar-refractivity contribution in [3.63, 3.8) is 0 Å². The van der Waals surface area contributed by atoms with E-state index >= 15 is 0 Å². The zero-order chi connectivity index (χ0) is 22.0. The number of benzene rings is 1. The molecule has 0 bridgehead atoms. The number of hydrogen-bond acceptors (Lipinski definition) is 6. The van der Waals surface area contributed by atoms with Gasteiger partial charge in [0.25, 0.3) is 5.91 Å². The highest BCUT2D eigenvalue weighted by Crippen LogP contribution is 2.23. The highest BCUT2D eigenvalue weighted by Gasteiger charge is 2.27. The highest BCUT2D eigenvalue weighted by molar-refractivity contribution is 7.99. The number of carbonyl (C=O) groups excluding carboxylic acids is 2. The topological polar surface area (TPSA) is 84.5 Å². The van der Waals surface area contributed by atoms with E-state index < -0.39 is 0 Å². The molecule has 2 aromatic heterocycles. The first-order valence-corrected chi connectivity index (χ1v) is 11.1. The molecule has 1 aliphatic rings. The SMILES string of the molecule is Cc1cc(C)cc(-n2ccnc2SCC(=O)N2CCN(C(=O)c3cc(C)no3)CC2)c1. The minimum atomic E-state index is -0.183. The predicted octanol–water partition coefficient (Wildman–Crippen LogP) is 2.86. The fourth-order valence-corrected chi connectivity index (χ4v) is 4.56. The van der Waals surface area contributed by atoms with Crippen LogP contribution in [-0.2, 0) is 4.79 Å². The van der Waals surface area contributed by atoms with Crippen LogP contribution in [0, 0.1) is 20.8 Å². The van der Waals surface area contributed by atoms with E-state index in [0.29, 0.717) is 37.6 Å². The smallest absolute Gasteiger partial charge is 0.292 e. The van der Waals surface area contributed by atoms with E-state index in [9.17, 15) is 9.59 Å². The Balaban J connectivity index is 1.32. The third kappa shape index (κ3) is 4.82. The Hall–Kier alpha value is -3.07. The molecule has 9 heteroatoms. The second-order valence-electron chi connectivity index (χ2n) is 7.72. The van der Waals surface area contributed by atoms with Gasteiger partial charge in [-0.05, 0) is 44.0 Å². The first-order valence-electron chi connectivity index (χ1n) is 10.2. The molecule has 0 unspecified atom stereocenters. The predicted molar refractivity (Wildman–Crippen MR) is 117 cm³/mol. The first-order chi connectivity index (χ1) is 14.9. The van der Waals surface area contributed by atoms with Gasteiger partial charge in [-0.3, -0.25) is 14.2 Å². The van der Waals surface area contributed by atoms with Gasteiger partial charge < -0.3 is 14.3 Å². The summed E-state index contributed by atoms with van der Waals surface area (Å²) in [6.07, 6.45) is 3.66. The van der Waals surface area contributed by atoms with E-state index in [-0.39, 0.29) is 17.6 Å². The molecule has 1 saturated heterocycles. The van der Waals surface area contributed by atoms with E-state index in [1.165, 1.54) is 22.9 Å². The Morgan fingerprint density at radius 3 is 2.32 bits per heavy atom. The minimum absolute atomic E-state index is 0.0441. The van der Waals surface area contributed by atoms with Crippen molar-refractivity contribution < 1.29 is 14.1 Å². The lowest BCUT2D eigenvalue weighted by atomic mass is 10.1. The maximum absolute atomic E-state index is 12.7. The van der Waals surface area contributed by atoms with Crippen molar-refractivity contribution in [3.05, 3.63) is 59.2 Å². The van der Waals surface area contributed by atoms with Crippen LogP contribution < -0.4 is 0 Å². The lowest BCUT2D eigenvalue weighted by molar-refractivity contribution is -0.129. The molecular weight excluding hydrogens is 414 g/mol.